The standard InChI is InChI=1S/C37H34N2OS2/c1-36(2)32-24-9-7-22(41)17-20(24)5-11-28(32)38-15-13-30-26(34(36)38)19-27-31(40-30)14-16-39-29-12-6-21-18-23(42)8-10-25(21)33(29)37(3,4)35(27)39/h5-12,17-19,30-31H,13-16H2,1-4H3,(H-,41,42)/p+1. The Labute approximate surface area is 258 Å². The molecule has 4 aromatic carbocycles. The van der Waals surface area contributed by atoms with Crippen LogP contribution in [-0.2, 0) is 15.6 Å². The summed E-state index contributed by atoms with van der Waals surface area (Å²) in [6, 6.07) is 22.4. The number of hydrogen-bond acceptors (Lipinski definition) is 4. The smallest absolute Gasteiger partial charge is 0.210 e. The van der Waals surface area contributed by atoms with Crippen molar-refractivity contribution in [3.05, 3.63) is 94.7 Å². The molecule has 2 atom stereocenters. The molecule has 9 rings (SSSR count). The van der Waals surface area contributed by atoms with Gasteiger partial charge in [0.15, 0.2) is 12.3 Å². The van der Waals surface area contributed by atoms with E-state index in [1.54, 1.807) is 0 Å². The van der Waals surface area contributed by atoms with Crippen LogP contribution < -0.4 is 4.90 Å². The van der Waals surface area contributed by atoms with E-state index < -0.39 is 0 Å². The Hall–Kier alpha value is -2.99. The molecule has 0 aromatic heterocycles. The molecule has 0 fully saturated rings. The van der Waals surface area contributed by atoms with Crippen LogP contribution >= 0.6 is 25.3 Å². The Morgan fingerprint density at radius 1 is 0.786 bits per heavy atom. The molecule has 0 aliphatic carbocycles. The van der Waals surface area contributed by atoms with Crippen molar-refractivity contribution in [2.24, 2.45) is 0 Å². The predicted molar refractivity (Wildman–Crippen MR) is 179 cm³/mol. The first-order valence-electron chi connectivity index (χ1n) is 15.2. The van der Waals surface area contributed by atoms with Gasteiger partial charge in [-0.3, -0.25) is 0 Å². The molecular weight excluding hydrogens is 553 g/mol. The first kappa shape index (κ1) is 25.5. The lowest BCUT2D eigenvalue weighted by molar-refractivity contribution is -0.445. The largest absolute Gasteiger partial charge is 0.365 e. The Kier molecular flexibility index (Phi) is 5.06. The zero-order chi connectivity index (χ0) is 28.7. The summed E-state index contributed by atoms with van der Waals surface area (Å²) in [5.74, 6) is 0. The highest BCUT2D eigenvalue weighted by Crippen LogP contribution is 2.56. The molecule has 5 heterocycles. The van der Waals surface area contributed by atoms with E-state index in [1.807, 2.05) is 0 Å². The van der Waals surface area contributed by atoms with E-state index in [0.717, 1.165) is 35.7 Å². The molecular formula is C37H35N2OS2+. The van der Waals surface area contributed by atoms with Crippen molar-refractivity contribution in [1.29, 1.82) is 0 Å². The van der Waals surface area contributed by atoms with Gasteiger partial charge in [-0.05, 0) is 89.9 Å². The highest BCUT2D eigenvalue weighted by Gasteiger charge is 2.55. The molecule has 0 amide bonds. The molecule has 0 N–H and O–H groups in total. The first-order valence-corrected chi connectivity index (χ1v) is 16.1. The minimum atomic E-state index is -0.137. The van der Waals surface area contributed by atoms with Crippen LogP contribution in [0.4, 0.5) is 11.4 Å². The van der Waals surface area contributed by atoms with Gasteiger partial charge in [0, 0.05) is 62.3 Å². The quantitative estimate of drug-likeness (QED) is 0.158. The molecule has 0 saturated heterocycles. The number of anilines is 1. The van der Waals surface area contributed by atoms with Crippen LogP contribution in [0.15, 0.2) is 93.4 Å². The summed E-state index contributed by atoms with van der Waals surface area (Å²) in [7, 11) is 0. The summed E-state index contributed by atoms with van der Waals surface area (Å²) < 4.78 is 9.68. The topological polar surface area (TPSA) is 15.5 Å². The van der Waals surface area contributed by atoms with Gasteiger partial charge in [0.05, 0.1) is 17.6 Å². The van der Waals surface area contributed by atoms with E-state index in [1.165, 1.54) is 66.6 Å². The fourth-order valence-corrected chi connectivity index (χ4v) is 9.53. The molecule has 3 nitrogen and oxygen atoms in total. The zero-order valence-corrected chi connectivity index (χ0v) is 26.3. The molecule has 0 bridgehead atoms. The Morgan fingerprint density at radius 2 is 1.48 bits per heavy atom. The van der Waals surface area contributed by atoms with Gasteiger partial charge in [-0.2, -0.15) is 4.58 Å². The molecule has 5 heteroatoms. The number of benzene rings is 4. The second-order valence-corrected chi connectivity index (χ2v) is 14.8. The molecule has 42 heavy (non-hydrogen) atoms. The van der Waals surface area contributed by atoms with E-state index in [4.69, 9.17) is 4.74 Å². The monoisotopic (exact) mass is 587 g/mol. The number of hydrogen-bond donors (Lipinski definition) is 2. The number of allylic oxidation sites excluding steroid dienone is 1. The van der Waals surface area contributed by atoms with Crippen molar-refractivity contribution in [2.45, 2.75) is 73.4 Å². The molecule has 0 saturated carbocycles. The average Bonchev–Trinajstić information content (AvgIpc) is 3.35. The predicted octanol–water partition coefficient (Wildman–Crippen LogP) is 8.50. The van der Waals surface area contributed by atoms with Gasteiger partial charge >= 0.3 is 0 Å². The van der Waals surface area contributed by atoms with Gasteiger partial charge in [0.2, 0.25) is 5.69 Å². The van der Waals surface area contributed by atoms with Gasteiger partial charge in [-0.15, -0.1) is 25.3 Å². The zero-order valence-electron chi connectivity index (χ0n) is 24.5. The second-order valence-electron chi connectivity index (χ2n) is 13.7. The van der Waals surface area contributed by atoms with Crippen LogP contribution in [0.5, 0.6) is 0 Å². The summed E-state index contributed by atoms with van der Waals surface area (Å²) in [5, 5.41) is 5.18. The molecule has 5 aliphatic heterocycles. The number of nitrogens with zero attached hydrogens (tertiary/aromatic N) is 2. The summed E-state index contributed by atoms with van der Waals surface area (Å²) in [4.78, 5) is 4.61. The Morgan fingerprint density at radius 3 is 2.21 bits per heavy atom. The summed E-state index contributed by atoms with van der Waals surface area (Å²) in [6.45, 7) is 11.6. The molecule has 5 aliphatic rings. The fraction of sp³-hybridized carbons (Fsp3) is 0.324. The number of fused-ring (bicyclic) bond motifs is 12. The van der Waals surface area contributed by atoms with E-state index >= 15 is 0 Å². The second kappa shape index (κ2) is 8.34. The SMILES string of the molecule is CC1(C)C2=C3C=C4C5=[N+](CCC4OC3CCN2c2ccc3cc(S)ccc3c21)c1ccc2cc(S)ccc2c1C5(C)C. The Bertz CT molecular complexity index is 2010. The fourth-order valence-electron chi connectivity index (χ4n) is 9.11. The van der Waals surface area contributed by atoms with Crippen molar-refractivity contribution in [3.63, 3.8) is 0 Å². The van der Waals surface area contributed by atoms with Crippen LogP contribution in [0.1, 0.15) is 51.7 Å². The lowest BCUT2D eigenvalue weighted by Crippen LogP contribution is -2.47. The van der Waals surface area contributed by atoms with E-state index in [0.29, 0.717) is 0 Å². The minimum Gasteiger partial charge on any atom is -0.365 e. The van der Waals surface area contributed by atoms with Crippen molar-refractivity contribution < 1.29 is 9.31 Å². The van der Waals surface area contributed by atoms with E-state index in [9.17, 15) is 0 Å². The molecule has 2 unspecified atom stereocenters. The normalized spacial score (nSPS) is 24.7. The van der Waals surface area contributed by atoms with Crippen LogP contribution in [-0.4, -0.2) is 35.6 Å². The third-order valence-electron chi connectivity index (χ3n) is 10.6. The Balaban J connectivity index is 1.25. The van der Waals surface area contributed by atoms with Crippen molar-refractivity contribution in [2.75, 3.05) is 18.0 Å². The summed E-state index contributed by atoms with van der Waals surface area (Å²) in [6.07, 6.45) is 4.87. The maximum Gasteiger partial charge on any atom is 0.210 e. The van der Waals surface area contributed by atoms with Gasteiger partial charge in [-0.25, -0.2) is 0 Å². The maximum atomic E-state index is 7.08. The van der Waals surface area contributed by atoms with Gasteiger partial charge in [0.1, 0.15) is 0 Å². The van der Waals surface area contributed by atoms with Crippen molar-refractivity contribution >= 4 is 63.9 Å². The highest BCUT2D eigenvalue weighted by atomic mass is 32.1. The lowest BCUT2D eigenvalue weighted by Gasteiger charge is -2.42. The van der Waals surface area contributed by atoms with Crippen LogP contribution in [0.2, 0.25) is 0 Å². The number of rotatable bonds is 0. The van der Waals surface area contributed by atoms with Crippen LogP contribution in [0, 0.1) is 0 Å². The third kappa shape index (κ3) is 3.17. The van der Waals surface area contributed by atoms with E-state index in [2.05, 4.69) is 129 Å². The van der Waals surface area contributed by atoms with E-state index in [-0.39, 0.29) is 23.0 Å². The number of thiol groups is 2. The summed E-state index contributed by atoms with van der Waals surface area (Å²) >= 11 is 9.26. The average molecular weight is 588 g/mol. The highest BCUT2D eigenvalue weighted by molar-refractivity contribution is 7.80. The maximum absolute atomic E-state index is 7.08. The van der Waals surface area contributed by atoms with Crippen LogP contribution in [0.25, 0.3) is 21.5 Å². The lowest BCUT2D eigenvalue weighted by atomic mass is 9.73. The van der Waals surface area contributed by atoms with Crippen LogP contribution in [0.3, 0.4) is 0 Å². The first-order chi connectivity index (χ1) is 20.1. The molecule has 4 aromatic rings. The van der Waals surface area contributed by atoms with Gasteiger partial charge in [-0.1, -0.05) is 32.0 Å². The molecule has 0 radical (unpaired) electrons. The van der Waals surface area contributed by atoms with Gasteiger partial charge < -0.3 is 9.64 Å². The third-order valence-corrected chi connectivity index (χ3v) is 11.2. The van der Waals surface area contributed by atoms with Crippen molar-refractivity contribution in [3.8, 4) is 0 Å². The van der Waals surface area contributed by atoms with Crippen molar-refractivity contribution in [1.82, 2.24) is 0 Å². The minimum absolute atomic E-state index is 0.137. The number of ether oxygens (including phenoxy) is 1. The molecule has 0 spiro atoms. The molecule has 210 valence electrons. The summed E-state index contributed by atoms with van der Waals surface area (Å²) in [5.41, 5.74) is 10.9. The van der Waals surface area contributed by atoms with Gasteiger partial charge in [0.25, 0.3) is 0 Å².